The number of fused-ring (bicyclic) bond motifs is 1. The van der Waals surface area contributed by atoms with Gasteiger partial charge in [-0.25, -0.2) is 18.7 Å². The highest BCUT2D eigenvalue weighted by atomic mass is 19.4. The van der Waals surface area contributed by atoms with Crippen LogP contribution in [0.5, 0.6) is 5.75 Å². The average Bonchev–Trinajstić information content (AvgIpc) is 3.34. The van der Waals surface area contributed by atoms with Gasteiger partial charge in [0.2, 0.25) is 0 Å². The first-order valence-corrected chi connectivity index (χ1v) is 10.8. The first kappa shape index (κ1) is 22.9. The summed E-state index contributed by atoms with van der Waals surface area (Å²) in [5.74, 6) is -1.08. The van der Waals surface area contributed by atoms with E-state index >= 15 is 0 Å². The summed E-state index contributed by atoms with van der Waals surface area (Å²) >= 11 is 0. The van der Waals surface area contributed by atoms with Gasteiger partial charge in [-0.1, -0.05) is 0 Å². The van der Waals surface area contributed by atoms with E-state index < -0.39 is 23.9 Å². The lowest BCUT2D eigenvalue weighted by atomic mass is 10.0. The van der Waals surface area contributed by atoms with Crippen LogP contribution < -0.4 is 9.64 Å². The molecule has 1 fully saturated rings. The zero-order chi connectivity index (χ0) is 24.7. The molecule has 1 aliphatic heterocycles. The number of nitrogens with zero attached hydrogens (tertiary/aromatic N) is 4. The third kappa shape index (κ3) is 4.24. The van der Waals surface area contributed by atoms with Gasteiger partial charge in [-0.05, 0) is 54.8 Å². The predicted molar refractivity (Wildman–Crippen MR) is 121 cm³/mol. The van der Waals surface area contributed by atoms with Crippen LogP contribution in [0.4, 0.5) is 27.8 Å². The molecule has 2 aromatic heterocycles. The van der Waals surface area contributed by atoms with E-state index in [1.165, 1.54) is 36.4 Å². The van der Waals surface area contributed by atoms with Crippen molar-refractivity contribution in [3.8, 4) is 28.3 Å². The zero-order valence-corrected chi connectivity index (χ0v) is 18.5. The van der Waals surface area contributed by atoms with Gasteiger partial charge < -0.3 is 9.64 Å². The lowest BCUT2D eigenvalue weighted by Crippen LogP contribution is -2.41. The Balaban J connectivity index is 1.80. The number of ether oxygens (including phenoxy) is 1. The molecular weight excluding hydrogens is 467 g/mol. The molecule has 10 heteroatoms. The summed E-state index contributed by atoms with van der Waals surface area (Å²) < 4.78 is 75.3. The molecule has 0 radical (unpaired) electrons. The Morgan fingerprint density at radius 2 is 1.86 bits per heavy atom. The minimum atomic E-state index is -4.47. The first-order valence-electron chi connectivity index (χ1n) is 10.8. The number of hydrogen-bond donors (Lipinski definition) is 0. The highest BCUT2D eigenvalue weighted by molar-refractivity contribution is 5.98. The predicted octanol–water partition coefficient (Wildman–Crippen LogP) is 6.18. The average molecular weight is 486 g/mol. The second-order valence-corrected chi connectivity index (χ2v) is 8.20. The topological polar surface area (TPSA) is 51.1 Å². The molecule has 1 saturated heterocycles. The maximum absolute atomic E-state index is 14.6. The minimum absolute atomic E-state index is 0.0661. The molecule has 4 aromatic rings. The zero-order valence-electron chi connectivity index (χ0n) is 18.5. The van der Waals surface area contributed by atoms with Crippen molar-refractivity contribution in [3.63, 3.8) is 0 Å². The van der Waals surface area contributed by atoms with Crippen LogP contribution in [0.2, 0.25) is 0 Å². The van der Waals surface area contributed by atoms with Crippen molar-refractivity contribution < 1.29 is 26.7 Å². The van der Waals surface area contributed by atoms with Crippen molar-refractivity contribution >= 4 is 16.7 Å². The van der Waals surface area contributed by atoms with Crippen LogP contribution in [0.1, 0.15) is 12.8 Å². The quantitative estimate of drug-likeness (QED) is 0.323. The molecular formula is C25H19F5N4O. The fourth-order valence-electron chi connectivity index (χ4n) is 4.42. The number of halogens is 5. The number of anilines is 1. The second-order valence-electron chi connectivity index (χ2n) is 8.20. The minimum Gasteiger partial charge on any atom is -0.494 e. The van der Waals surface area contributed by atoms with Gasteiger partial charge in [0, 0.05) is 41.5 Å². The van der Waals surface area contributed by atoms with Crippen LogP contribution in [-0.2, 0) is 0 Å². The molecule has 1 atom stereocenters. The Labute approximate surface area is 197 Å². The van der Waals surface area contributed by atoms with Crippen molar-refractivity contribution in [1.82, 2.24) is 15.0 Å². The van der Waals surface area contributed by atoms with Gasteiger partial charge in [0.05, 0.1) is 7.11 Å². The molecule has 1 aliphatic rings. The van der Waals surface area contributed by atoms with Gasteiger partial charge in [0.1, 0.15) is 34.8 Å². The number of hydrogen-bond acceptors (Lipinski definition) is 5. The van der Waals surface area contributed by atoms with Gasteiger partial charge >= 0.3 is 6.18 Å². The van der Waals surface area contributed by atoms with Crippen LogP contribution in [0, 0.1) is 11.6 Å². The number of benzene rings is 2. The Morgan fingerprint density at radius 3 is 2.54 bits per heavy atom. The molecule has 3 heterocycles. The van der Waals surface area contributed by atoms with Crippen LogP contribution >= 0.6 is 0 Å². The maximum Gasteiger partial charge on any atom is 0.408 e. The summed E-state index contributed by atoms with van der Waals surface area (Å²) in [5, 5.41) is 0.270. The molecule has 5 nitrogen and oxygen atoms in total. The second kappa shape index (κ2) is 8.75. The van der Waals surface area contributed by atoms with Crippen molar-refractivity contribution in [2.45, 2.75) is 25.1 Å². The van der Waals surface area contributed by atoms with Gasteiger partial charge in [0.25, 0.3) is 0 Å². The van der Waals surface area contributed by atoms with E-state index in [1.807, 2.05) is 0 Å². The summed E-state index contributed by atoms with van der Waals surface area (Å²) in [6, 6.07) is 7.82. The van der Waals surface area contributed by atoms with Crippen LogP contribution in [0.15, 0.2) is 54.9 Å². The maximum atomic E-state index is 14.6. The molecule has 0 aliphatic carbocycles. The van der Waals surface area contributed by atoms with Crippen molar-refractivity contribution in [3.05, 3.63) is 66.5 Å². The Morgan fingerprint density at radius 1 is 1.03 bits per heavy atom. The fourth-order valence-corrected chi connectivity index (χ4v) is 4.42. The van der Waals surface area contributed by atoms with Crippen molar-refractivity contribution in [2.24, 2.45) is 0 Å². The monoisotopic (exact) mass is 486 g/mol. The molecule has 0 bridgehead atoms. The summed E-state index contributed by atoms with van der Waals surface area (Å²) in [5.41, 5.74) is 1.17. The van der Waals surface area contributed by atoms with E-state index in [2.05, 4.69) is 15.0 Å². The van der Waals surface area contributed by atoms with Crippen molar-refractivity contribution in [2.75, 3.05) is 18.6 Å². The third-order valence-corrected chi connectivity index (χ3v) is 6.03. The molecule has 0 spiro atoms. The molecule has 5 rings (SSSR count). The smallest absolute Gasteiger partial charge is 0.408 e. The van der Waals surface area contributed by atoms with Crippen LogP contribution in [0.25, 0.3) is 33.4 Å². The highest BCUT2D eigenvalue weighted by Crippen LogP contribution is 2.42. The van der Waals surface area contributed by atoms with E-state index in [1.54, 1.807) is 18.3 Å². The van der Waals surface area contributed by atoms with E-state index in [0.717, 1.165) is 12.1 Å². The van der Waals surface area contributed by atoms with Gasteiger partial charge in [0.15, 0.2) is 5.82 Å². The molecule has 2 aromatic carbocycles. The Hall–Kier alpha value is -3.82. The number of methoxy groups -OCH3 is 1. The van der Waals surface area contributed by atoms with E-state index in [4.69, 9.17) is 4.74 Å². The van der Waals surface area contributed by atoms with E-state index in [-0.39, 0.29) is 46.8 Å². The molecule has 1 unspecified atom stereocenters. The van der Waals surface area contributed by atoms with Gasteiger partial charge in [-0.15, -0.1) is 0 Å². The summed E-state index contributed by atoms with van der Waals surface area (Å²) in [6.07, 6.45) is -1.12. The molecule has 180 valence electrons. The SMILES string of the molecule is COc1cc(-c2ccc(F)cc2F)cc2c(N3CCCC3C(F)(F)F)nc(-c3cccnc3)nc12. The lowest BCUT2D eigenvalue weighted by molar-refractivity contribution is -0.146. The third-order valence-electron chi connectivity index (χ3n) is 6.03. The molecule has 0 saturated carbocycles. The molecule has 0 N–H and O–H groups in total. The van der Waals surface area contributed by atoms with Crippen LogP contribution in [0.3, 0.4) is 0 Å². The normalized spacial score (nSPS) is 16.2. The summed E-state index contributed by atoms with van der Waals surface area (Å²) in [7, 11) is 1.39. The number of rotatable bonds is 4. The standard InChI is InChI=1S/C25H19F5N4O/c1-35-20-11-15(17-7-6-16(26)12-19(17)27)10-18-22(20)32-23(14-4-2-8-31-13-14)33-24(18)34-9-3-5-21(34)25(28,29)30/h2,4,6-8,10-13,21H,3,5,9H2,1H3. The molecule has 0 amide bonds. The lowest BCUT2D eigenvalue weighted by Gasteiger charge is -2.29. The van der Waals surface area contributed by atoms with Crippen LogP contribution in [-0.4, -0.2) is 40.8 Å². The van der Waals surface area contributed by atoms with E-state index in [0.29, 0.717) is 17.5 Å². The van der Waals surface area contributed by atoms with E-state index in [9.17, 15) is 22.0 Å². The van der Waals surface area contributed by atoms with Gasteiger partial charge in [-0.3, -0.25) is 4.98 Å². The largest absolute Gasteiger partial charge is 0.494 e. The van der Waals surface area contributed by atoms with Gasteiger partial charge in [-0.2, -0.15) is 13.2 Å². The summed E-state index contributed by atoms with van der Waals surface area (Å²) in [6.45, 7) is 0.139. The molecule has 35 heavy (non-hydrogen) atoms. The highest BCUT2D eigenvalue weighted by Gasteiger charge is 2.47. The number of alkyl halides is 3. The first-order chi connectivity index (χ1) is 16.8. The van der Waals surface area contributed by atoms with Crippen molar-refractivity contribution in [1.29, 1.82) is 0 Å². The Kier molecular flexibility index (Phi) is 5.74. The Bertz CT molecular complexity index is 1390. The number of pyridine rings is 1. The number of aromatic nitrogens is 3. The fraction of sp³-hybridized carbons (Fsp3) is 0.240. The summed E-state index contributed by atoms with van der Waals surface area (Å²) in [4.78, 5) is 14.4.